The Bertz CT molecular complexity index is 645. The molecule has 1 aromatic rings. The zero-order valence-electron chi connectivity index (χ0n) is 15.1. The summed E-state index contributed by atoms with van der Waals surface area (Å²) in [6.45, 7) is 10.5. The molecule has 1 aliphatic carbocycles. The quantitative estimate of drug-likeness (QED) is 0.563. The molecule has 0 saturated heterocycles. The van der Waals surface area contributed by atoms with E-state index in [0.717, 1.165) is 24.0 Å². The first kappa shape index (κ1) is 18.2. The fourth-order valence-electron chi connectivity index (χ4n) is 3.09. The molecule has 6 heteroatoms. The Hall–Kier alpha value is -2.11. The molecule has 1 aromatic carbocycles. The van der Waals surface area contributed by atoms with Crippen molar-refractivity contribution in [1.82, 2.24) is 4.90 Å². The highest BCUT2D eigenvalue weighted by atomic mass is 16.6. The van der Waals surface area contributed by atoms with Gasteiger partial charge in [-0.15, -0.1) is 0 Å². The number of nitro benzene ring substituents is 1. The fraction of sp³-hybridized carbons (Fsp3) is 0.611. The lowest BCUT2D eigenvalue weighted by atomic mass is 9.87. The molecular formula is C18H26N2O4. The van der Waals surface area contributed by atoms with Crippen molar-refractivity contribution in [2.24, 2.45) is 0 Å². The van der Waals surface area contributed by atoms with Crippen LogP contribution in [0.5, 0.6) is 0 Å². The molecule has 1 aliphatic heterocycles. The molecule has 1 spiro atoms. The van der Waals surface area contributed by atoms with Gasteiger partial charge in [0, 0.05) is 30.6 Å². The summed E-state index contributed by atoms with van der Waals surface area (Å²) >= 11 is 0. The van der Waals surface area contributed by atoms with Crippen LogP contribution in [-0.2, 0) is 16.7 Å². The van der Waals surface area contributed by atoms with Crippen LogP contribution in [0.1, 0.15) is 58.6 Å². The third-order valence-corrected chi connectivity index (χ3v) is 4.23. The van der Waals surface area contributed by atoms with Crippen LogP contribution in [0.15, 0.2) is 18.2 Å². The number of ether oxygens (including phenoxy) is 1. The summed E-state index contributed by atoms with van der Waals surface area (Å²) in [5, 5.41) is 11.0. The molecule has 6 nitrogen and oxygen atoms in total. The van der Waals surface area contributed by atoms with Gasteiger partial charge in [-0.3, -0.25) is 10.1 Å². The Morgan fingerprint density at radius 1 is 1.29 bits per heavy atom. The van der Waals surface area contributed by atoms with Gasteiger partial charge in [0.2, 0.25) is 0 Å². The predicted octanol–water partition coefficient (Wildman–Crippen LogP) is 4.40. The molecule has 0 unspecified atom stereocenters. The summed E-state index contributed by atoms with van der Waals surface area (Å²) < 4.78 is 5.44. The lowest BCUT2D eigenvalue weighted by Gasteiger charge is -2.35. The van der Waals surface area contributed by atoms with Gasteiger partial charge in [0.15, 0.2) is 0 Å². The average Bonchev–Trinajstić information content (AvgIpc) is 3.27. The molecule has 0 atom stereocenters. The van der Waals surface area contributed by atoms with Gasteiger partial charge < -0.3 is 9.64 Å². The number of carbonyl (C=O) groups is 1. The number of nitrogens with zero attached hydrogens (tertiary/aromatic N) is 2. The van der Waals surface area contributed by atoms with E-state index in [4.69, 9.17) is 4.74 Å². The highest BCUT2D eigenvalue weighted by molar-refractivity contribution is 5.69. The lowest BCUT2D eigenvalue weighted by molar-refractivity contribution is -0.385. The molecule has 24 heavy (non-hydrogen) atoms. The van der Waals surface area contributed by atoms with E-state index in [0.29, 0.717) is 13.1 Å². The first-order valence-electron chi connectivity index (χ1n) is 8.46. The summed E-state index contributed by atoms with van der Waals surface area (Å²) in [6.07, 6.45) is 1.67. The summed E-state index contributed by atoms with van der Waals surface area (Å²) in [4.78, 5) is 24.6. The second kappa shape index (κ2) is 6.42. The molecule has 0 radical (unpaired) electrons. The minimum Gasteiger partial charge on any atom is -0.444 e. The second-order valence-electron chi connectivity index (χ2n) is 7.22. The SMILES string of the molecule is CC.CC(C)(C)OC(=O)N1Cc2cc([N+](=O)[O-])ccc2C2(CC2)C1. The molecule has 132 valence electrons. The van der Waals surface area contributed by atoms with E-state index in [9.17, 15) is 14.9 Å². The minimum atomic E-state index is -0.545. The van der Waals surface area contributed by atoms with Gasteiger partial charge in [0.1, 0.15) is 5.60 Å². The molecule has 2 aliphatic rings. The van der Waals surface area contributed by atoms with E-state index in [2.05, 4.69) is 0 Å². The van der Waals surface area contributed by atoms with Crippen molar-refractivity contribution >= 4 is 11.8 Å². The van der Waals surface area contributed by atoms with E-state index in [1.165, 1.54) is 0 Å². The maximum absolute atomic E-state index is 12.3. The lowest BCUT2D eigenvalue weighted by Crippen LogP contribution is -2.44. The van der Waals surface area contributed by atoms with E-state index < -0.39 is 10.5 Å². The molecule has 0 aromatic heterocycles. The predicted molar refractivity (Wildman–Crippen MR) is 92.0 cm³/mol. The first-order valence-corrected chi connectivity index (χ1v) is 8.46. The molecule has 3 rings (SSSR count). The second-order valence-corrected chi connectivity index (χ2v) is 7.22. The van der Waals surface area contributed by atoms with Crippen LogP contribution in [0.25, 0.3) is 0 Å². The Morgan fingerprint density at radius 3 is 2.42 bits per heavy atom. The molecule has 1 amide bonds. The van der Waals surface area contributed by atoms with Gasteiger partial charge in [0.25, 0.3) is 5.69 Å². The van der Waals surface area contributed by atoms with E-state index in [1.54, 1.807) is 17.0 Å². The van der Waals surface area contributed by atoms with Crippen LogP contribution in [0.3, 0.4) is 0 Å². The zero-order chi connectivity index (χ0) is 18.1. The van der Waals surface area contributed by atoms with Crippen molar-refractivity contribution < 1.29 is 14.5 Å². The molecule has 1 heterocycles. The van der Waals surface area contributed by atoms with Crippen LogP contribution in [0.2, 0.25) is 0 Å². The van der Waals surface area contributed by atoms with Crippen molar-refractivity contribution in [1.29, 1.82) is 0 Å². The molecule has 1 fully saturated rings. The standard InChI is InChI=1S/C16H20N2O4.C2H6/c1-15(2,3)22-14(19)17-9-11-8-12(18(20)21)4-5-13(11)16(10-17)6-7-16;1-2/h4-5,8H,6-7,9-10H2,1-3H3;1-2H3. The zero-order valence-corrected chi connectivity index (χ0v) is 15.1. The maximum atomic E-state index is 12.3. The van der Waals surface area contributed by atoms with Crippen molar-refractivity contribution in [3.05, 3.63) is 39.4 Å². The van der Waals surface area contributed by atoms with E-state index in [1.807, 2.05) is 40.7 Å². The Balaban J connectivity index is 0.00000100. The van der Waals surface area contributed by atoms with Crippen molar-refractivity contribution in [2.75, 3.05) is 6.54 Å². The Morgan fingerprint density at radius 2 is 1.92 bits per heavy atom. The van der Waals surface area contributed by atoms with Gasteiger partial charge in [0.05, 0.1) is 4.92 Å². The number of benzene rings is 1. The van der Waals surface area contributed by atoms with Crippen LogP contribution in [0.4, 0.5) is 10.5 Å². The normalized spacial score (nSPS) is 17.5. The van der Waals surface area contributed by atoms with Crippen LogP contribution in [0, 0.1) is 10.1 Å². The summed E-state index contributed by atoms with van der Waals surface area (Å²) in [7, 11) is 0. The van der Waals surface area contributed by atoms with Crippen molar-refractivity contribution in [3.8, 4) is 0 Å². The highest BCUT2D eigenvalue weighted by Gasteiger charge is 2.50. The summed E-state index contributed by atoms with van der Waals surface area (Å²) in [6, 6.07) is 5.00. The van der Waals surface area contributed by atoms with E-state index in [-0.39, 0.29) is 17.2 Å². The topological polar surface area (TPSA) is 72.7 Å². The molecular weight excluding hydrogens is 308 g/mol. The van der Waals surface area contributed by atoms with Crippen molar-refractivity contribution in [3.63, 3.8) is 0 Å². The monoisotopic (exact) mass is 334 g/mol. The molecule has 0 bridgehead atoms. The van der Waals surface area contributed by atoms with E-state index >= 15 is 0 Å². The highest BCUT2D eigenvalue weighted by Crippen LogP contribution is 2.52. The Labute approximate surface area is 142 Å². The maximum Gasteiger partial charge on any atom is 0.410 e. The number of nitro groups is 1. The average molecular weight is 334 g/mol. The third-order valence-electron chi connectivity index (χ3n) is 4.23. The van der Waals surface area contributed by atoms with Crippen LogP contribution in [-0.4, -0.2) is 28.1 Å². The Kier molecular flexibility index (Phi) is 4.87. The summed E-state index contributed by atoms with van der Waals surface area (Å²) in [5.41, 5.74) is 1.51. The van der Waals surface area contributed by atoms with Gasteiger partial charge in [-0.25, -0.2) is 4.79 Å². The summed E-state index contributed by atoms with van der Waals surface area (Å²) in [5.74, 6) is 0. The van der Waals surface area contributed by atoms with Gasteiger partial charge in [-0.1, -0.05) is 19.9 Å². The fourth-order valence-corrected chi connectivity index (χ4v) is 3.09. The number of amides is 1. The minimum absolute atomic E-state index is 0.0282. The van der Waals surface area contributed by atoms with Gasteiger partial charge >= 0.3 is 6.09 Å². The van der Waals surface area contributed by atoms with Crippen molar-refractivity contribution in [2.45, 2.75) is 65.0 Å². The smallest absolute Gasteiger partial charge is 0.410 e. The van der Waals surface area contributed by atoms with Crippen LogP contribution < -0.4 is 0 Å². The number of fused-ring (bicyclic) bond motifs is 2. The number of rotatable bonds is 1. The van der Waals surface area contributed by atoms with Crippen LogP contribution >= 0.6 is 0 Å². The number of non-ortho nitro benzene ring substituents is 1. The number of hydrogen-bond donors (Lipinski definition) is 0. The third kappa shape index (κ3) is 3.68. The first-order chi connectivity index (χ1) is 11.2. The molecule has 1 saturated carbocycles. The number of carbonyl (C=O) groups excluding carboxylic acids is 1. The largest absolute Gasteiger partial charge is 0.444 e. The van der Waals surface area contributed by atoms with Gasteiger partial charge in [-0.05, 0) is 44.7 Å². The number of hydrogen-bond acceptors (Lipinski definition) is 4. The molecule has 0 N–H and O–H groups in total. The van der Waals surface area contributed by atoms with Gasteiger partial charge in [-0.2, -0.15) is 0 Å².